The van der Waals surface area contributed by atoms with Crippen LogP contribution in [-0.4, -0.2) is 44.1 Å². The Morgan fingerprint density at radius 3 is 2.45 bits per heavy atom. The van der Waals surface area contributed by atoms with Gasteiger partial charge in [-0.15, -0.1) is 10.2 Å². The zero-order valence-electron chi connectivity index (χ0n) is 17.3. The van der Waals surface area contributed by atoms with E-state index in [0.717, 1.165) is 16.3 Å². The lowest BCUT2D eigenvalue weighted by Crippen LogP contribution is -2.43. The minimum absolute atomic E-state index is 0.161. The number of carbonyl (C=O) groups is 3. The zero-order valence-corrected chi connectivity index (χ0v) is 17.3. The molecule has 1 fully saturated rings. The highest BCUT2D eigenvalue weighted by Gasteiger charge is 2.49. The maximum Gasteiger partial charge on any atom is 0.325 e. The van der Waals surface area contributed by atoms with Crippen LogP contribution in [0.25, 0.3) is 0 Å². The van der Waals surface area contributed by atoms with Crippen molar-refractivity contribution in [3.05, 3.63) is 47.0 Å². The molecular formula is C20H26N6O3. The van der Waals surface area contributed by atoms with Gasteiger partial charge in [-0.1, -0.05) is 43.7 Å². The summed E-state index contributed by atoms with van der Waals surface area (Å²) in [7, 11) is 1.83. The van der Waals surface area contributed by atoms with Gasteiger partial charge in [0.25, 0.3) is 5.91 Å². The van der Waals surface area contributed by atoms with Gasteiger partial charge in [0, 0.05) is 13.0 Å². The van der Waals surface area contributed by atoms with Gasteiger partial charge >= 0.3 is 6.03 Å². The van der Waals surface area contributed by atoms with Gasteiger partial charge in [0.2, 0.25) is 5.91 Å². The number of aryl methyl sites for hydroxylation is 1. The highest BCUT2D eigenvalue weighted by atomic mass is 16.2. The monoisotopic (exact) mass is 398 g/mol. The first kappa shape index (κ1) is 20.5. The molecule has 0 spiro atoms. The fourth-order valence-electron chi connectivity index (χ4n) is 3.33. The second-order valence-corrected chi connectivity index (χ2v) is 7.78. The molecule has 2 heterocycles. The Bertz CT molecular complexity index is 950. The number of aromatic nitrogens is 3. The van der Waals surface area contributed by atoms with Crippen LogP contribution in [-0.2, 0) is 28.7 Å². The molecule has 1 aromatic carbocycles. The van der Waals surface area contributed by atoms with Crippen molar-refractivity contribution in [2.75, 3.05) is 6.54 Å². The van der Waals surface area contributed by atoms with Crippen molar-refractivity contribution in [2.45, 2.75) is 45.7 Å². The molecule has 1 aromatic heterocycles. The third-order valence-electron chi connectivity index (χ3n) is 5.16. The molecule has 1 aliphatic heterocycles. The van der Waals surface area contributed by atoms with E-state index in [4.69, 9.17) is 0 Å². The normalized spacial score (nSPS) is 19.0. The second-order valence-electron chi connectivity index (χ2n) is 7.78. The average molecular weight is 398 g/mol. The topological polar surface area (TPSA) is 109 Å². The lowest BCUT2D eigenvalue weighted by atomic mass is 9.91. The van der Waals surface area contributed by atoms with Crippen molar-refractivity contribution in [1.82, 2.24) is 30.3 Å². The first-order valence-corrected chi connectivity index (χ1v) is 9.49. The zero-order chi connectivity index (χ0) is 21.3. The molecule has 0 aliphatic carbocycles. The molecule has 9 nitrogen and oxygen atoms in total. The molecule has 29 heavy (non-hydrogen) atoms. The minimum atomic E-state index is -1.19. The summed E-state index contributed by atoms with van der Waals surface area (Å²) in [5, 5.41) is 13.6. The van der Waals surface area contributed by atoms with E-state index in [9.17, 15) is 14.4 Å². The van der Waals surface area contributed by atoms with Gasteiger partial charge in [-0.25, -0.2) is 4.79 Å². The van der Waals surface area contributed by atoms with Crippen LogP contribution in [0, 0.1) is 6.92 Å². The molecular weight excluding hydrogens is 372 g/mol. The van der Waals surface area contributed by atoms with E-state index in [2.05, 4.69) is 20.8 Å². The Kier molecular flexibility index (Phi) is 5.41. The van der Waals surface area contributed by atoms with Crippen molar-refractivity contribution < 1.29 is 14.4 Å². The first-order valence-electron chi connectivity index (χ1n) is 9.49. The van der Waals surface area contributed by atoms with E-state index in [0.29, 0.717) is 11.4 Å². The van der Waals surface area contributed by atoms with Gasteiger partial charge in [-0.2, -0.15) is 0 Å². The summed E-state index contributed by atoms with van der Waals surface area (Å²) in [4.78, 5) is 38.6. The Labute approximate surface area is 169 Å². The van der Waals surface area contributed by atoms with Gasteiger partial charge in [-0.3, -0.25) is 14.5 Å². The van der Waals surface area contributed by atoms with Crippen LogP contribution in [0.3, 0.4) is 0 Å². The Hall–Kier alpha value is -3.23. The van der Waals surface area contributed by atoms with Gasteiger partial charge < -0.3 is 15.2 Å². The lowest BCUT2D eigenvalue weighted by molar-refractivity contribution is -0.134. The number of imide groups is 1. The van der Waals surface area contributed by atoms with Crippen LogP contribution in [0.15, 0.2) is 24.3 Å². The molecule has 1 aliphatic rings. The van der Waals surface area contributed by atoms with Crippen LogP contribution in [0.5, 0.6) is 0 Å². The molecule has 0 bridgehead atoms. The van der Waals surface area contributed by atoms with Crippen LogP contribution >= 0.6 is 0 Å². The largest absolute Gasteiger partial charge is 0.347 e. The number of hydrogen-bond donors (Lipinski definition) is 2. The smallest absolute Gasteiger partial charge is 0.325 e. The van der Waals surface area contributed by atoms with E-state index < -0.39 is 23.4 Å². The van der Waals surface area contributed by atoms with Crippen molar-refractivity contribution in [2.24, 2.45) is 7.05 Å². The Morgan fingerprint density at radius 2 is 1.86 bits per heavy atom. The number of urea groups is 1. The van der Waals surface area contributed by atoms with Crippen LogP contribution in [0.2, 0.25) is 0 Å². The maximum atomic E-state index is 12.9. The number of carbonyl (C=O) groups excluding carboxylic acids is 3. The van der Waals surface area contributed by atoms with Crippen molar-refractivity contribution in [3.63, 3.8) is 0 Å². The van der Waals surface area contributed by atoms with Crippen molar-refractivity contribution >= 4 is 17.8 Å². The molecule has 1 atom stereocenters. The fourth-order valence-corrected chi connectivity index (χ4v) is 3.33. The molecule has 4 amide bonds. The number of nitrogens with one attached hydrogen (secondary N) is 2. The van der Waals surface area contributed by atoms with Crippen LogP contribution < -0.4 is 10.6 Å². The fraction of sp³-hybridized carbons (Fsp3) is 0.450. The van der Waals surface area contributed by atoms with Crippen LogP contribution in [0.4, 0.5) is 4.79 Å². The molecule has 9 heteroatoms. The molecule has 0 saturated carbocycles. The first-order chi connectivity index (χ1) is 13.6. The van der Waals surface area contributed by atoms with E-state index in [1.54, 1.807) is 19.1 Å². The molecule has 1 unspecified atom stereocenters. The predicted molar refractivity (Wildman–Crippen MR) is 106 cm³/mol. The van der Waals surface area contributed by atoms with Gasteiger partial charge in [-0.05, 0) is 19.4 Å². The third-order valence-corrected chi connectivity index (χ3v) is 5.16. The summed E-state index contributed by atoms with van der Waals surface area (Å²) in [6.07, 6.45) is 0. The van der Waals surface area contributed by atoms with E-state index in [1.165, 1.54) is 0 Å². The van der Waals surface area contributed by atoms with E-state index >= 15 is 0 Å². The summed E-state index contributed by atoms with van der Waals surface area (Å²) in [6.45, 7) is 7.40. The third kappa shape index (κ3) is 3.85. The number of benzene rings is 1. The highest BCUT2D eigenvalue weighted by Crippen LogP contribution is 2.28. The SMILES string of the molecule is Cc1ccc(C2(C)NC(=O)N(CC(=O)NCc3nnc(C(C)C)n3C)C2=O)cc1. The summed E-state index contributed by atoms with van der Waals surface area (Å²) >= 11 is 0. The number of amides is 4. The average Bonchev–Trinajstić information content (AvgIpc) is 3.13. The van der Waals surface area contributed by atoms with Crippen molar-refractivity contribution in [3.8, 4) is 0 Å². The Morgan fingerprint density at radius 1 is 1.21 bits per heavy atom. The Balaban J connectivity index is 1.65. The quantitative estimate of drug-likeness (QED) is 0.714. The summed E-state index contributed by atoms with van der Waals surface area (Å²) in [5.74, 6) is 0.723. The summed E-state index contributed by atoms with van der Waals surface area (Å²) < 4.78 is 1.83. The predicted octanol–water partition coefficient (Wildman–Crippen LogP) is 1.33. The second kappa shape index (κ2) is 7.65. The summed E-state index contributed by atoms with van der Waals surface area (Å²) in [6, 6.07) is 6.77. The number of hydrogen-bond acceptors (Lipinski definition) is 5. The standard InChI is InChI=1S/C20H26N6O3/c1-12(2)17-24-23-15(25(17)5)10-21-16(27)11-26-18(28)20(4,22-19(26)29)14-8-6-13(3)7-9-14/h6-9,12H,10-11H2,1-5H3,(H,21,27)(H,22,29). The maximum absolute atomic E-state index is 12.9. The molecule has 2 N–H and O–H groups in total. The van der Waals surface area contributed by atoms with Gasteiger partial charge in [0.15, 0.2) is 5.82 Å². The van der Waals surface area contributed by atoms with Crippen molar-refractivity contribution in [1.29, 1.82) is 0 Å². The minimum Gasteiger partial charge on any atom is -0.347 e. The molecule has 1 saturated heterocycles. The number of rotatable bonds is 6. The lowest BCUT2D eigenvalue weighted by Gasteiger charge is -2.22. The van der Waals surface area contributed by atoms with Crippen LogP contribution in [0.1, 0.15) is 49.5 Å². The number of nitrogens with zero attached hydrogens (tertiary/aromatic N) is 4. The van der Waals surface area contributed by atoms with E-state index in [-0.39, 0.29) is 19.0 Å². The molecule has 2 aromatic rings. The van der Waals surface area contributed by atoms with Gasteiger partial charge in [0.1, 0.15) is 17.9 Å². The van der Waals surface area contributed by atoms with E-state index in [1.807, 2.05) is 44.5 Å². The van der Waals surface area contributed by atoms with Gasteiger partial charge in [0.05, 0.1) is 6.54 Å². The summed E-state index contributed by atoms with van der Waals surface area (Å²) in [5.41, 5.74) is 0.528. The molecule has 154 valence electrons. The molecule has 3 rings (SSSR count). The highest BCUT2D eigenvalue weighted by molar-refractivity contribution is 6.09. The molecule has 0 radical (unpaired) electrons.